The molecule has 5 heteroatoms. The molecule has 0 radical (unpaired) electrons. The van der Waals surface area contributed by atoms with Crippen molar-refractivity contribution in [1.82, 2.24) is 4.98 Å². The van der Waals surface area contributed by atoms with Crippen LogP contribution in [0.1, 0.15) is 16.8 Å². The van der Waals surface area contributed by atoms with Crippen molar-refractivity contribution in [3.8, 4) is 0 Å². The first-order valence-electron chi connectivity index (χ1n) is 4.70. The molecule has 84 valence electrons. The highest BCUT2D eigenvalue weighted by Gasteiger charge is 2.12. The number of carbonyl (C=O) groups is 1. The summed E-state index contributed by atoms with van der Waals surface area (Å²) in [7, 11) is 1.43. The van der Waals surface area contributed by atoms with Crippen LogP contribution in [0.25, 0.3) is 0 Å². The minimum atomic E-state index is -0.136. The highest BCUT2D eigenvalue weighted by molar-refractivity contribution is 7.98. The lowest BCUT2D eigenvalue weighted by atomic mass is 10.2. The van der Waals surface area contributed by atoms with Crippen molar-refractivity contribution < 1.29 is 9.53 Å². The molecule has 0 aromatic carbocycles. The molecule has 0 aliphatic carbocycles. The number of thiazole rings is 1. The SMILES string of the molecule is COC(=O)C(C)CSCc1cnc(C)s1. The van der Waals surface area contributed by atoms with Gasteiger partial charge in [-0.15, -0.1) is 11.3 Å². The van der Waals surface area contributed by atoms with E-state index in [-0.39, 0.29) is 11.9 Å². The third kappa shape index (κ3) is 4.22. The summed E-state index contributed by atoms with van der Waals surface area (Å²) < 4.78 is 4.66. The van der Waals surface area contributed by atoms with Gasteiger partial charge >= 0.3 is 5.97 Å². The summed E-state index contributed by atoms with van der Waals surface area (Å²) in [5.41, 5.74) is 0. The van der Waals surface area contributed by atoms with Gasteiger partial charge in [-0.2, -0.15) is 11.8 Å². The predicted molar refractivity (Wildman–Crippen MR) is 64.2 cm³/mol. The van der Waals surface area contributed by atoms with Crippen LogP contribution in [0, 0.1) is 12.8 Å². The topological polar surface area (TPSA) is 39.2 Å². The molecule has 1 aromatic rings. The van der Waals surface area contributed by atoms with Crippen molar-refractivity contribution in [3.63, 3.8) is 0 Å². The monoisotopic (exact) mass is 245 g/mol. The minimum absolute atomic E-state index is 0.0333. The van der Waals surface area contributed by atoms with Gasteiger partial charge in [0.05, 0.1) is 18.0 Å². The van der Waals surface area contributed by atoms with Crippen molar-refractivity contribution in [1.29, 1.82) is 0 Å². The van der Waals surface area contributed by atoms with E-state index >= 15 is 0 Å². The Morgan fingerprint density at radius 3 is 3.00 bits per heavy atom. The van der Waals surface area contributed by atoms with Crippen LogP contribution in [0.15, 0.2) is 6.20 Å². The minimum Gasteiger partial charge on any atom is -0.469 e. The van der Waals surface area contributed by atoms with E-state index in [1.807, 2.05) is 20.0 Å². The zero-order valence-corrected chi connectivity index (χ0v) is 10.8. The first-order valence-corrected chi connectivity index (χ1v) is 6.67. The Bertz CT molecular complexity index is 325. The summed E-state index contributed by atoms with van der Waals surface area (Å²) in [6.45, 7) is 3.88. The van der Waals surface area contributed by atoms with Gasteiger partial charge in [0, 0.05) is 22.6 Å². The molecule has 0 N–H and O–H groups in total. The van der Waals surface area contributed by atoms with E-state index in [1.54, 1.807) is 23.1 Å². The molecule has 1 unspecified atom stereocenters. The molecule has 1 aromatic heterocycles. The maximum Gasteiger partial charge on any atom is 0.309 e. The Kier molecular flexibility index (Phi) is 5.11. The van der Waals surface area contributed by atoms with Crippen LogP contribution in [0.2, 0.25) is 0 Å². The summed E-state index contributed by atoms with van der Waals surface area (Å²) in [5.74, 6) is 1.55. The molecule has 0 saturated heterocycles. The number of methoxy groups -OCH3 is 1. The van der Waals surface area contributed by atoms with Crippen molar-refractivity contribution in [2.45, 2.75) is 19.6 Å². The average Bonchev–Trinajstić information content (AvgIpc) is 2.63. The predicted octanol–water partition coefficient (Wildman–Crippen LogP) is 2.49. The summed E-state index contributed by atoms with van der Waals surface area (Å²) in [6.07, 6.45) is 1.90. The van der Waals surface area contributed by atoms with Crippen molar-refractivity contribution in [3.05, 3.63) is 16.1 Å². The van der Waals surface area contributed by atoms with Gasteiger partial charge in [0.15, 0.2) is 0 Å². The number of thioether (sulfide) groups is 1. The van der Waals surface area contributed by atoms with Crippen LogP contribution < -0.4 is 0 Å². The maximum absolute atomic E-state index is 11.1. The molecule has 0 amide bonds. The summed E-state index contributed by atoms with van der Waals surface area (Å²) in [5, 5.41) is 1.09. The summed E-state index contributed by atoms with van der Waals surface area (Å²) >= 11 is 3.45. The van der Waals surface area contributed by atoms with E-state index in [9.17, 15) is 4.79 Å². The number of hydrogen-bond donors (Lipinski definition) is 0. The molecule has 3 nitrogen and oxygen atoms in total. The highest BCUT2D eigenvalue weighted by Crippen LogP contribution is 2.20. The Morgan fingerprint density at radius 1 is 1.73 bits per heavy atom. The largest absolute Gasteiger partial charge is 0.469 e. The Hall–Kier alpha value is -0.550. The number of rotatable bonds is 5. The molecule has 15 heavy (non-hydrogen) atoms. The lowest BCUT2D eigenvalue weighted by Gasteiger charge is -2.07. The van der Waals surface area contributed by atoms with Crippen molar-refractivity contribution >= 4 is 29.1 Å². The van der Waals surface area contributed by atoms with E-state index < -0.39 is 0 Å². The molecule has 0 bridgehead atoms. The van der Waals surface area contributed by atoms with Crippen LogP contribution in [0.4, 0.5) is 0 Å². The van der Waals surface area contributed by atoms with Crippen molar-refractivity contribution in [2.24, 2.45) is 5.92 Å². The summed E-state index contributed by atoms with van der Waals surface area (Å²) in [6, 6.07) is 0. The fourth-order valence-corrected chi connectivity index (χ4v) is 3.04. The zero-order chi connectivity index (χ0) is 11.3. The number of esters is 1. The molecular weight excluding hydrogens is 230 g/mol. The van der Waals surface area contributed by atoms with E-state index in [1.165, 1.54) is 12.0 Å². The van der Waals surface area contributed by atoms with Gasteiger partial charge in [-0.05, 0) is 6.92 Å². The fourth-order valence-electron chi connectivity index (χ4n) is 1.08. The zero-order valence-electron chi connectivity index (χ0n) is 9.15. The molecule has 0 saturated carbocycles. The van der Waals surface area contributed by atoms with E-state index in [4.69, 9.17) is 0 Å². The van der Waals surface area contributed by atoms with Crippen LogP contribution in [0.5, 0.6) is 0 Å². The van der Waals surface area contributed by atoms with E-state index in [2.05, 4.69) is 9.72 Å². The number of hydrogen-bond acceptors (Lipinski definition) is 5. The molecule has 0 spiro atoms. The second-order valence-corrected chi connectivity index (χ2v) is 5.63. The third-order valence-corrected chi connectivity index (χ3v) is 4.23. The molecular formula is C10H15NO2S2. The van der Waals surface area contributed by atoms with E-state index in [0.717, 1.165) is 16.5 Å². The highest BCUT2D eigenvalue weighted by atomic mass is 32.2. The lowest BCUT2D eigenvalue weighted by Crippen LogP contribution is -2.14. The van der Waals surface area contributed by atoms with Gasteiger partial charge < -0.3 is 4.74 Å². The molecule has 0 aliphatic rings. The first-order chi connectivity index (χ1) is 7.13. The quantitative estimate of drug-likeness (QED) is 0.747. The molecule has 0 aliphatic heterocycles. The van der Waals surface area contributed by atoms with Crippen LogP contribution >= 0.6 is 23.1 Å². The van der Waals surface area contributed by atoms with Gasteiger partial charge in [0.1, 0.15) is 0 Å². The maximum atomic E-state index is 11.1. The molecule has 1 atom stereocenters. The number of carbonyl (C=O) groups excluding carboxylic acids is 1. The van der Waals surface area contributed by atoms with Crippen molar-refractivity contribution in [2.75, 3.05) is 12.9 Å². The summed E-state index contributed by atoms with van der Waals surface area (Å²) in [4.78, 5) is 16.6. The number of aromatic nitrogens is 1. The molecule has 0 fully saturated rings. The van der Waals surface area contributed by atoms with Crippen LogP contribution in [-0.2, 0) is 15.3 Å². The number of aryl methyl sites for hydroxylation is 1. The number of nitrogens with zero attached hydrogens (tertiary/aromatic N) is 1. The molecule has 1 heterocycles. The molecule has 1 rings (SSSR count). The van der Waals surface area contributed by atoms with Crippen LogP contribution in [-0.4, -0.2) is 23.8 Å². The Labute approximate surface area is 98.2 Å². The second kappa shape index (κ2) is 6.12. The van der Waals surface area contributed by atoms with Gasteiger partial charge in [0.25, 0.3) is 0 Å². The van der Waals surface area contributed by atoms with Gasteiger partial charge in [0.2, 0.25) is 0 Å². The van der Waals surface area contributed by atoms with E-state index in [0.29, 0.717) is 0 Å². The Morgan fingerprint density at radius 2 is 2.47 bits per heavy atom. The lowest BCUT2D eigenvalue weighted by molar-refractivity contribution is -0.143. The smallest absolute Gasteiger partial charge is 0.309 e. The second-order valence-electron chi connectivity index (χ2n) is 3.28. The standard InChI is InChI=1S/C10H15NO2S2/c1-7(10(12)13-3)5-14-6-9-4-11-8(2)15-9/h4,7H,5-6H2,1-3H3. The fraction of sp³-hybridized carbons (Fsp3) is 0.600. The van der Waals surface area contributed by atoms with Gasteiger partial charge in [-0.3, -0.25) is 4.79 Å². The first kappa shape index (κ1) is 12.5. The van der Waals surface area contributed by atoms with Gasteiger partial charge in [-0.1, -0.05) is 6.92 Å². The Balaban J connectivity index is 2.24. The van der Waals surface area contributed by atoms with Crippen LogP contribution in [0.3, 0.4) is 0 Å². The average molecular weight is 245 g/mol. The normalized spacial score (nSPS) is 12.5. The third-order valence-electron chi connectivity index (χ3n) is 1.88. The van der Waals surface area contributed by atoms with Gasteiger partial charge in [-0.25, -0.2) is 4.98 Å². The number of ether oxygens (including phenoxy) is 1.